The number of nitrogens with zero attached hydrogens (tertiary/aromatic N) is 1. The summed E-state index contributed by atoms with van der Waals surface area (Å²) < 4.78 is -0.194. The quantitative estimate of drug-likeness (QED) is 0.361. The monoisotopic (exact) mass is 195 g/mol. The highest BCUT2D eigenvalue weighted by Crippen LogP contribution is 2.36. The fourth-order valence-electron chi connectivity index (χ4n) is 1.66. The fraction of sp³-hybridized carbons (Fsp3) is 0.667. The summed E-state index contributed by atoms with van der Waals surface area (Å²) in [5, 5.41) is 11.6. The largest absolute Gasteiger partial charge is 0.622 e. The second kappa shape index (κ2) is 3.87. The molecule has 1 unspecified atom stereocenters. The number of hydrogen-bond acceptors (Lipinski definition) is 1. The molecule has 1 rings (SSSR count). The van der Waals surface area contributed by atoms with Crippen LogP contribution in [0.1, 0.15) is 40.0 Å². The van der Waals surface area contributed by atoms with Gasteiger partial charge in [-0.05, 0) is 26.2 Å². The van der Waals surface area contributed by atoms with E-state index in [4.69, 9.17) is 0 Å². The maximum Gasteiger partial charge on any atom is 0.155 e. The maximum atomic E-state index is 11.6. The Labute approximate surface area is 87.1 Å². The Bertz CT molecular complexity index is 251. The van der Waals surface area contributed by atoms with Crippen molar-refractivity contribution in [2.75, 3.05) is 6.54 Å². The van der Waals surface area contributed by atoms with Gasteiger partial charge in [0.1, 0.15) is 0 Å². The van der Waals surface area contributed by atoms with Gasteiger partial charge in [-0.1, -0.05) is 19.4 Å². The molecule has 0 N–H and O–H groups in total. The molecule has 0 amide bonds. The Balaban J connectivity index is 2.43. The molecular formula is C12H21NO. The Morgan fingerprint density at radius 2 is 2.07 bits per heavy atom. The summed E-state index contributed by atoms with van der Waals surface area (Å²) in [6.07, 6.45) is 6.60. The van der Waals surface area contributed by atoms with Crippen molar-refractivity contribution >= 4 is 0 Å². The molecule has 0 aromatic heterocycles. The Kier molecular flexibility index (Phi) is 3.17. The van der Waals surface area contributed by atoms with E-state index in [1.165, 1.54) is 5.57 Å². The van der Waals surface area contributed by atoms with Gasteiger partial charge in [-0.25, -0.2) is 0 Å². The highest BCUT2D eigenvalue weighted by atomic mass is 16.6. The summed E-state index contributed by atoms with van der Waals surface area (Å²) in [5.41, 5.74) is 1.37. The minimum absolute atomic E-state index is 0.157. The molecule has 2 nitrogen and oxygen atoms in total. The highest BCUT2D eigenvalue weighted by Gasteiger charge is 2.34. The molecule has 0 saturated carbocycles. The molecule has 2 heteroatoms. The second-order valence-corrected chi connectivity index (χ2v) is 4.93. The molecule has 1 atom stereocenters. The van der Waals surface area contributed by atoms with Gasteiger partial charge < -0.3 is 5.21 Å². The van der Waals surface area contributed by atoms with Gasteiger partial charge >= 0.3 is 0 Å². The molecule has 0 bridgehead atoms. The Morgan fingerprint density at radius 1 is 1.50 bits per heavy atom. The van der Waals surface area contributed by atoms with Crippen LogP contribution in [0.5, 0.6) is 0 Å². The van der Waals surface area contributed by atoms with E-state index >= 15 is 0 Å². The fourth-order valence-corrected chi connectivity index (χ4v) is 1.66. The smallest absolute Gasteiger partial charge is 0.155 e. The maximum absolute atomic E-state index is 11.6. The molecule has 1 aliphatic rings. The second-order valence-electron chi connectivity index (χ2n) is 4.93. The first kappa shape index (κ1) is 11.5. The lowest BCUT2D eigenvalue weighted by atomic mass is 9.81. The number of rotatable bonds is 6. The molecule has 0 radical (unpaired) electrons. The predicted molar refractivity (Wildman–Crippen MR) is 60.1 cm³/mol. The SMILES string of the molecule is C=C(C)CCC(C)(CC)C[N+]1([O-])C=C1. The molecule has 0 spiro atoms. The zero-order valence-electron chi connectivity index (χ0n) is 9.55. The lowest BCUT2D eigenvalue weighted by molar-refractivity contribution is -0.721. The molecule has 0 aliphatic carbocycles. The Morgan fingerprint density at radius 3 is 2.43 bits per heavy atom. The van der Waals surface area contributed by atoms with Gasteiger partial charge in [-0.15, -0.1) is 6.58 Å². The van der Waals surface area contributed by atoms with Crippen LogP contribution in [0.3, 0.4) is 0 Å². The molecule has 0 aromatic rings. The van der Waals surface area contributed by atoms with E-state index in [-0.39, 0.29) is 10.1 Å². The Hall–Kier alpha value is -0.600. The van der Waals surface area contributed by atoms with Gasteiger partial charge in [0.15, 0.2) is 12.4 Å². The van der Waals surface area contributed by atoms with Gasteiger partial charge in [0, 0.05) is 5.41 Å². The molecule has 14 heavy (non-hydrogen) atoms. The third kappa shape index (κ3) is 3.28. The van der Waals surface area contributed by atoms with Gasteiger partial charge in [0.2, 0.25) is 0 Å². The molecule has 0 aromatic carbocycles. The van der Waals surface area contributed by atoms with Crippen LogP contribution in [0.4, 0.5) is 0 Å². The number of hydrogen-bond donors (Lipinski definition) is 0. The topological polar surface area (TPSA) is 23.1 Å². The standard InChI is InChI=1S/C12H21NO/c1-5-12(4,7-6-11(2)3)10-13(14)8-9-13/h8-9H,2,5-7,10H2,1,3-4H3. The van der Waals surface area contributed by atoms with Crippen LogP contribution in [0.25, 0.3) is 0 Å². The van der Waals surface area contributed by atoms with Crippen molar-refractivity contribution in [3.8, 4) is 0 Å². The van der Waals surface area contributed by atoms with E-state index in [0.29, 0.717) is 6.54 Å². The van der Waals surface area contributed by atoms with E-state index in [2.05, 4.69) is 20.4 Å². The molecular weight excluding hydrogens is 174 g/mol. The van der Waals surface area contributed by atoms with E-state index in [1.807, 2.05) is 6.92 Å². The van der Waals surface area contributed by atoms with E-state index < -0.39 is 0 Å². The van der Waals surface area contributed by atoms with Crippen molar-refractivity contribution in [2.45, 2.75) is 40.0 Å². The number of quaternary nitrogens is 1. The minimum atomic E-state index is -0.194. The van der Waals surface area contributed by atoms with Crippen LogP contribution in [0.2, 0.25) is 0 Å². The third-order valence-electron chi connectivity index (χ3n) is 3.12. The van der Waals surface area contributed by atoms with Crippen molar-refractivity contribution in [2.24, 2.45) is 5.41 Å². The molecule has 1 aliphatic heterocycles. The van der Waals surface area contributed by atoms with Crippen molar-refractivity contribution in [1.29, 1.82) is 0 Å². The lowest BCUT2D eigenvalue weighted by Crippen LogP contribution is -2.33. The van der Waals surface area contributed by atoms with Crippen molar-refractivity contribution in [3.63, 3.8) is 0 Å². The van der Waals surface area contributed by atoms with Crippen molar-refractivity contribution in [1.82, 2.24) is 0 Å². The van der Waals surface area contributed by atoms with Crippen molar-refractivity contribution < 1.29 is 4.65 Å². The summed E-state index contributed by atoms with van der Waals surface area (Å²) in [5.74, 6) is 0. The van der Waals surface area contributed by atoms with Crippen LogP contribution in [-0.4, -0.2) is 11.2 Å². The summed E-state index contributed by atoms with van der Waals surface area (Å²) >= 11 is 0. The van der Waals surface area contributed by atoms with Crippen LogP contribution in [-0.2, 0) is 0 Å². The van der Waals surface area contributed by atoms with Gasteiger partial charge in [-0.2, -0.15) is 0 Å². The number of hydroxylamine groups is 3. The predicted octanol–water partition coefficient (Wildman–Crippen LogP) is 3.56. The van der Waals surface area contributed by atoms with E-state index in [1.54, 1.807) is 12.4 Å². The molecule has 0 fully saturated rings. The lowest BCUT2D eigenvalue weighted by Gasteiger charge is -2.34. The zero-order chi connectivity index (χ0) is 10.8. The van der Waals surface area contributed by atoms with Crippen LogP contribution in [0, 0.1) is 10.6 Å². The van der Waals surface area contributed by atoms with Gasteiger partial charge in [0.05, 0.1) is 6.54 Å². The first-order valence-corrected chi connectivity index (χ1v) is 5.32. The molecule has 0 saturated heterocycles. The van der Waals surface area contributed by atoms with E-state index in [9.17, 15) is 5.21 Å². The highest BCUT2D eigenvalue weighted by molar-refractivity contribution is 4.93. The summed E-state index contributed by atoms with van der Waals surface area (Å²) in [7, 11) is 0. The van der Waals surface area contributed by atoms with Crippen molar-refractivity contribution in [3.05, 3.63) is 29.8 Å². The minimum Gasteiger partial charge on any atom is -0.622 e. The normalized spacial score (nSPS) is 21.7. The third-order valence-corrected chi connectivity index (χ3v) is 3.12. The number of allylic oxidation sites excluding steroid dienone is 1. The van der Waals surface area contributed by atoms with E-state index in [0.717, 1.165) is 19.3 Å². The van der Waals surface area contributed by atoms with Gasteiger partial charge in [0.25, 0.3) is 0 Å². The van der Waals surface area contributed by atoms with Crippen LogP contribution in [0.15, 0.2) is 24.6 Å². The first-order chi connectivity index (χ1) is 6.39. The van der Waals surface area contributed by atoms with Crippen LogP contribution < -0.4 is 0 Å². The first-order valence-electron chi connectivity index (χ1n) is 5.32. The summed E-state index contributed by atoms with van der Waals surface area (Å²) in [6, 6.07) is 0. The average Bonchev–Trinajstić information content (AvgIpc) is 2.80. The average molecular weight is 195 g/mol. The van der Waals surface area contributed by atoms with Crippen LogP contribution >= 0.6 is 0 Å². The molecule has 80 valence electrons. The zero-order valence-corrected chi connectivity index (χ0v) is 9.55. The van der Waals surface area contributed by atoms with Gasteiger partial charge in [-0.3, -0.25) is 4.65 Å². The summed E-state index contributed by atoms with van der Waals surface area (Å²) in [4.78, 5) is 0. The molecule has 1 heterocycles. The summed E-state index contributed by atoms with van der Waals surface area (Å²) in [6.45, 7) is 11.0.